The molecule has 0 unspecified atom stereocenters. The minimum atomic E-state index is 0.998. The van der Waals surface area contributed by atoms with Gasteiger partial charge in [0.25, 0.3) is 0 Å². The zero-order valence-electron chi connectivity index (χ0n) is 13.1. The average Bonchev–Trinajstić information content (AvgIpc) is 2.67. The summed E-state index contributed by atoms with van der Waals surface area (Å²) in [7, 11) is 0. The van der Waals surface area contributed by atoms with Crippen LogP contribution in [0.2, 0.25) is 0 Å². The zero-order valence-corrected chi connectivity index (χ0v) is 13.1. The largest absolute Gasteiger partial charge is 0.244 e. The first-order valence-electron chi connectivity index (χ1n) is 7.92. The summed E-state index contributed by atoms with van der Waals surface area (Å²) in [6, 6.07) is 29.3. The van der Waals surface area contributed by atoms with E-state index < -0.39 is 0 Å². The molecular weight excluding hydrogens is 292 g/mol. The molecule has 0 bridgehead atoms. The molecule has 0 saturated carbocycles. The van der Waals surface area contributed by atoms with Gasteiger partial charge in [-0.05, 0) is 39.7 Å². The SMILES string of the molecule is c1ccc2cc3ccccc3cc2c1.c1ccc2ncncc2c1. The van der Waals surface area contributed by atoms with Crippen molar-refractivity contribution in [2.24, 2.45) is 0 Å². The van der Waals surface area contributed by atoms with Crippen LogP contribution in [0.15, 0.2) is 97.5 Å². The van der Waals surface area contributed by atoms with E-state index in [-0.39, 0.29) is 0 Å². The maximum atomic E-state index is 4.07. The molecule has 24 heavy (non-hydrogen) atoms. The molecule has 2 heteroatoms. The summed E-state index contributed by atoms with van der Waals surface area (Å²) in [6.07, 6.45) is 3.37. The Hall–Kier alpha value is -3.26. The molecule has 0 aliphatic carbocycles. The molecule has 2 nitrogen and oxygen atoms in total. The molecule has 114 valence electrons. The Bertz CT molecular complexity index is 946. The highest BCUT2D eigenvalue weighted by Gasteiger charge is 1.95. The van der Waals surface area contributed by atoms with Crippen LogP contribution in [-0.4, -0.2) is 9.97 Å². The summed E-state index contributed by atoms with van der Waals surface area (Å²) in [5.74, 6) is 0. The van der Waals surface area contributed by atoms with Crippen molar-refractivity contribution >= 4 is 32.4 Å². The maximum Gasteiger partial charge on any atom is 0.116 e. The van der Waals surface area contributed by atoms with Gasteiger partial charge in [0.1, 0.15) is 6.33 Å². The summed E-state index contributed by atoms with van der Waals surface area (Å²) in [5.41, 5.74) is 0.998. The van der Waals surface area contributed by atoms with Gasteiger partial charge < -0.3 is 0 Å². The number of hydrogen-bond donors (Lipinski definition) is 0. The number of aromatic nitrogens is 2. The van der Waals surface area contributed by atoms with Crippen molar-refractivity contribution in [1.82, 2.24) is 9.97 Å². The van der Waals surface area contributed by atoms with Crippen molar-refractivity contribution in [2.45, 2.75) is 0 Å². The monoisotopic (exact) mass is 308 g/mol. The topological polar surface area (TPSA) is 25.8 Å². The number of nitrogens with zero attached hydrogens (tertiary/aromatic N) is 2. The van der Waals surface area contributed by atoms with Crippen molar-refractivity contribution in [2.75, 3.05) is 0 Å². The van der Waals surface area contributed by atoms with Crippen molar-refractivity contribution in [3.63, 3.8) is 0 Å². The van der Waals surface area contributed by atoms with Crippen LogP contribution in [0.25, 0.3) is 32.4 Å². The van der Waals surface area contributed by atoms with Crippen molar-refractivity contribution in [3.8, 4) is 0 Å². The van der Waals surface area contributed by atoms with E-state index in [1.165, 1.54) is 21.5 Å². The van der Waals surface area contributed by atoms with Gasteiger partial charge in [-0.1, -0.05) is 66.7 Å². The molecule has 1 aromatic heterocycles. The third-order valence-corrected chi connectivity index (χ3v) is 4.03. The summed E-state index contributed by atoms with van der Waals surface area (Å²) < 4.78 is 0. The van der Waals surface area contributed by atoms with Crippen LogP contribution in [0.5, 0.6) is 0 Å². The Kier molecular flexibility index (Phi) is 3.86. The van der Waals surface area contributed by atoms with Crippen LogP contribution < -0.4 is 0 Å². The second-order valence-electron chi connectivity index (χ2n) is 5.63. The Balaban J connectivity index is 0.000000129. The lowest BCUT2D eigenvalue weighted by atomic mass is 10.0. The van der Waals surface area contributed by atoms with Crippen LogP contribution >= 0.6 is 0 Å². The highest BCUT2D eigenvalue weighted by molar-refractivity contribution is 5.98. The molecule has 0 N–H and O–H groups in total. The van der Waals surface area contributed by atoms with Crippen LogP contribution in [-0.2, 0) is 0 Å². The first-order valence-corrected chi connectivity index (χ1v) is 7.92. The van der Waals surface area contributed by atoms with E-state index in [0.717, 1.165) is 10.9 Å². The smallest absolute Gasteiger partial charge is 0.116 e. The van der Waals surface area contributed by atoms with Gasteiger partial charge >= 0.3 is 0 Å². The zero-order chi connectivity index (χ0) is 16.2. The molecule has 4 aromatic carbocycles. The minimum absolute atomic E-state index is 0.998. The number of para-hydroxylation sites is 1. The fourth-order valence-electron chi connectivity index (χ4n) is 2.81. The first kappa shape index (κ1) is 14.3. The van der Waals surface area contributed by atoms with Gasteiger partial charge in [0.2, 0.25) is 0 Å². The van der Waals surface area contributed by atoms with Gasteiger partial charge in [0.05, 0.1) is 5.52 Å². The number of rotatable bonds is 0. The third kappa shape index (κ3) is 2.95. The molecular formula is C22H16N2. The standard InChI is InChI=1S/C14H10.C8H6N2/c1-2-6-12-10-14-8-4-3-7-13(14)9-11(12)5-1;1-2-4-8-7(3-1)5-9-6-10-8/h1-10H;1-6H. The van der Waals surface area contributed by atoms with Crippen molar-refractivity contribution in [3.05, 3.63) is 97.5 Å². The lowest BCUT2D eigenvalue weighted by Gasteiger charge is -2.00. The number of fused-ring (bicyclic) bond motifs is 3. The van der Waals surface area contributed by atoms with Gasteiger partial charge in [-0.25, -0.2) is 9.97 Å². The van der Waals surface area contributed by atoms with Crippen LogP contribution in [0.3, 0.4) is 0 Å². The highest BCUT2D eigenvalue weighted by atomic mass is 14.8. The van der Waals surface area contributed by atoms with E-state index in [4.69, 9.17) is 0 Å². The molecule has 0 aliphatic heterocycles. The predicted molar refractivity (Wildman–Crippen MR) is 101 cm³/mol. The second kappa shape index (κ2) is 6.47. The molecule has 0 radical (unpaired) electrons. The Morgan fingerprint density at radius 2 is 0.958 bits per heavy atom. The van der Waals surface area contributed by atoms with E-state index in [1.807, 2.05) is 30.5 Å². The Labute approximate surface area is 140 Å². The molecule has 0 saturated heterocycles. The molecule has 0 amide bonds. The molecule has 0 spiro atoms. The van der Waals surface area contributed by atoms with Gasteiger partial charge in [0.15, 0.2) is 0 Å². The van der Waals surface area contributed by atoms with E-state index in [1.54, 1.807) is 6.33 Å². The number of benzene rings is 4. The summed E-state index contributed by atoms with van der Waals surface area (Å²) in [5, 5.41) is 6.33. The predicted octanol–water partition coefficient (Wildman–Crippen LogP) is 5.62. The normalized spacial score (nSPS) is 10.5. The molecule has 0 fully saturated rings. The molecule has 5 rings (SSSR count). The third-order valence-electron chi connectivity index (χ3n) is 4.03. The van der Waals surface area contributed by atoms with E-state index in [2.05, 4.69) is 70.6 Å². The molecule has 5 aromatic rings. The second-order valence-corrected chi connectivity index (χ2v) is 5.63. The molecule has 0 atom stereocenters. The lowest BCUT2D eigenvalue weighted by molar-refractivity contribution is 1.22. The first-order chi connectivity index (χ1) is 11.9. The van der Waals surface area contributed by atoms with Crippen LogP contribution in [0.4, 0.5) is 0 Å². The van der Waals surface area contributed by atoms with E-state index >= 15 is 0 Å². The van der Waals surface area contributed by atoms with Crippen molar-refractivity contribution in [1.29, 1.82) is 0 Å². The summed E-state index contributed by atoms with van der Waals surface area (Å²) in [4.78, 5) is 7.97. The van der Waals surface area contributed by atoms with Gasteiger partial charge in [-0.3, -0.25) is 0 Å². The van der Waals surface area contributed by atoms with E-state index in [0.29, 0.717) is 0 Å². The molecule has 0 aliphatic rings. The molecule has 1 heterocycles. The van der Waals surface area contributed by atoms with Crippen molar-refractivity contribution < 1.29 is 0 Å². The quantitative estimate of drug-likeness (QED) is 0.347. The Morgan fingerprint density at radius 3 is 1.46 bits per heavy atom. The average molecular weight is 308 g/mol. The maximum absolute atomic E-state index is 4.07. The highest BCUT2D eigenvalue weighted by Crippen LogP contribution is 2.22. The fourth-order valence-corrected chi connectivity index (χ4v) is 2.81. The summed E-state index contributed by atoms with van der Waals surface area (Å²) in [6.45, 7) is 0. The number of hydrogen-bond acceptors (Lipinski definition) is 2. The van der Waals surface area contributed by atoms with Crippen LogP contribution in [0.1, 0.15) is 0 Å². The minimum Gasteiger partial charge on any atom is -0.244 e. The van der Waals surface area contributed by atoms with E-state index in [9.17, 15) is 0 Å². The van der Waals surface area contributed by atoms with Gasteiger partial charge in [-0.2, -0.15) is 0 Å². The fraction of sp³-hybridized carbons (Fsp3) is 0. The summed E-state index contributed by atoms with van der Waals surface area (Å²) >= 11 is 0. The van der Waals surface area contributed by atoms with Crippen LogP contribution in [0, 0.1) is 0 Å². The lowest BCUT2D eigenvalue weighted by Crippen LogP contribution is -1.77. The Morgan fingerprint density at radius 1 is 0.500 bits per heavy atom. The van der Waals surface area contributed by atoms with Gasteiger partial charge in [-0.15, -0.1) is 0 Å². The van der Waals surface area contributed by atoms with Gasteiger partial charge in [0, 0.05) is 11.6 Å².